The quantitative estimate of drug-likeness (QED) is 0.388. The van der Waals surface area contributed by atoms with Crippen molar-refractivity contribution >= 4 is 35.8 Å². The second-order valence-electron chi connectivity index (χ2n) is 8.03. The molecule has 1 saturated carbocycles. The zero-order chi connectivity index (χ0) is 16.3. The fraction of sp³-hybridized carbons (Fsp3) is 0.889. The van der Waals surface area contributed by atoms with E-state index in [2.05, 4.69) is 27.4 Å². The van der Waals surface area contributed by atoms with Crippen LogP contribution in [0.2, 0.25) is 0 Å². The number of amides is 1. The predicted molar refractivity (Wildman–Crippen MR) is 109 cm³/mol. The largest absolute Gasteiger partial charge is 0.356 e. The van der Waals surface area contributed by atoms with E-state index in [4.69, 9.17) is 0 Å². The van der Waals surface area contributed by atoms with Crippen LogP contribution in [0.15, 0.2) is 4.99 Å². The van der Waals surface area contributed by atoms with Gasteiger partial charge in [0, 0.05) is 45.1 Å². The van der Waals surface area contributed by atoms with Crippen LogP contribution in [0, 0.1) is 17.3 Å². The SMILES string of the molecule is CN=C(NCC1CCC(C)CC1)N1CCCC2(CNC(=O)C2)C1.I. The molecule has 1 aliphatic carbocycles. The summed E-state index contributed by atoms with van der Waals surface area (Å²) in [6.07, 6.45) is 8.40. The van der Waals surface area contributed by atoms with Crippen molar-refractivity contribution in [1.29, 1.82) is 0 Å². The molecule has 0 bridgehead atoms. The minimum absolute atomic E-state index is 0. The molecule has 2 aliphatic heterocycles. The van der Waals surface area contributed by atoms with E-state index in [9.17, 15) is 4.79 Å². The summed E-state index contributed by atoms with van der Waals surface area (Å²) in [5, 5.41) is 6.63. The van der Waals surface area contributed by atoms with Gasteiger partial charge < -0.3 is 15.5 Å². The van der Waals surface area contributed by atoms with Crippen molar-refractivity contribution in [3.63, 3.8) is 0 Å². The fourth-order valence-corrected chi connectivity index (χ4v) is 4.53. The average Bonchev–Trinajstić information content (AvgIpc) is 2.90. The van der Waals surface area contributed by atoms with Crippen molar-refractivity contribution in [3.8, 4) is 0 Å². The van der Waals surface area contributed by atoms with E-state index in [1.165, 1.54) is 25.7 Å². The second kappa shape index (κ2) is 8.72. The third-order valence-corrected chi connectivity index (χ3v) is 6.05. The van der Waals surface area contributed by atoms with Gasteiger partial charge in [-0.1, -0.05) is 19.8 Å². The number of likely N-dealkylation sites (tertiary alicyclic amines) is 1. The predicted octanol–water partition coefficient (Wildman–Crippen LogP) is 2.61. The first-order valence-corrected chi connectivity index (χ1v) is 9.32. The first kappa shape index (κ1) is 19.8. The van der Waals surface area contributed by atoms with Crippen molar-refractivity contribution in [2.75, 3.05) is 33.2 Å². The van der Waals surface area contributed by atoms with Gasteiger partial charge >= 0.3 is 0 Å². The molecule has 138 valence electrons. The van der Waals surface area contributed by atoms with E-state index in [1.54, 1.807) is 0 Å². The number of nitrogens with one attached hydrogen (secondary N) is 2. The number of carbonyl (C=O) groups excluding carboxylic acids is 1. The van der Waals surface area contributed by atoms with Crippen molar-refractivity contribution in [2.24, 2.45) is 22.2 Å². The minimum atomic E-state index is 0. The smallest absolute Gasteiger partial charge is 0.220 e. The molecule has 1 unspecified atom stereocenters. The lowest BCUT2D eigenvalue weighted by Gasteiger charge is -2.41. The molecule has 0 aromatic carbocycles. The molecule has 24 heavy (non-hydrogen) atoms. The van der Waals surface area contributed by atoms with Crippen molar-refractivity contribution in [2.45, 2.75) is 51.9 Å². The molecular formula is C18H33IN4O. The number of nitrogens with zero attached hydrogens (tertiary/aromatic N) is 2. The highest BCUT2D eigenvalue weighted by Crippen LogP contribution is 2.36. The van der Waals surface area contributed by atoms with Gasteiger partial charge in [-0.2, -0.15) is 0 Å². The lowest BCUT2D eigenvalue weighted by Crippen LogP contribution is -2.52. The standard InChI is InChI=1S/C18H32N4O.HI/c1-14-4-6-15(7-5-14)11-20-17(19-2)22-9-3-8-18(13-22)10-16(23)21-12-18;/h14-15H,3-13H2,1-2H3,(H,19,20)(H,21,23);1H. The highest BCUT2D eigenvalue weighted by molar-refractivity contribution is 14.0. The van der Waals surface area contributed by atoms with Gasteiger partial charge in [-0.05, 0) is 37.5 Å². The Kier molecular flexibility index (Phi) is 7.19. The first-order chi connectivity index (χ1) is 11.1. The number of aliphatic imine (C=N–C) groups is 1. The van der Waals surface area contributed by atoms with Crippen LogP contribution >= 0.6 is 24.0 Å². The molecule has 0 radical (unpaired) electrons. The Labute approximate surface area is 163 Å². The van der Waals surface area contributed by atoms with E-state index in [0.29, 0.717) is 6.42 Å². The van der Waals surface area contributed by atoms with Crippen LogP contribution < -0.4 is 10.6 Å². The summed E-state index contributed by atoms with van der Waals surface area (Å²) in [5.41, 5.74) is 0.132. The molecule has 2 saturated heterocycles. The number of piperidine rings is 1. The molecule has 1 amide bonds. The van der Waals surface area contributed by atoms with Gasteiger partial charge in [-0.15, -0.1) is 24.0 Å². The number of hydrogen-bond acceptors (Lipinski definition) is 2. The summed E-state index contributed by atoms with van der Waals surface area (Å²) in [6.45, 7) is 6.25. The lowest BCUT2D eigenvalue weighted by molar-refractivity contribution is -0.119. The highest BCUT2D eigenvalue weighted by atomic mass is 127. The number of guanidine groups is 1. The van der Waals surface area contributed by atoms with E-state index < -0.39 is 0 Å². The Bertz CT molecular complexity index is 462. The Morgan fingerprint density at radius 1 is 1.38 bits per heavy atom. The highest BCUT2D eigenvalue weighted by Gasteiger charge is 2.42. The maximum Gasteiger partial charge on any atom is 0.220 e. The van der Waals surface area contributed by atoms with Gasteiger partial charge in [0.15, 0.2) is 5.96 Å². The summed E-state index contributed by atoms with van der Waals surface area (Å²) < 4.78 is 0. The van der Waals surface area contributed by atoms with Crippen molar-refractivity contribution in [3.05, 3.63) is 0 Å². The van der Waals surface area contributed by atoms with Crippen molar-refractivity contribution in [1.82, 2.24) is 15.5 Å². The summed E-state index contributed by atoms with van der Waals surface area (Å²) in [6, 6.07) is 0. The first-order valence-electron chi connectivity index (χ1n) is 9.32. The molecule has 6 heteroatoms. The maximum absolute atomic E-state index is 11.6. The molecule has 2 N–H and O–H groups in total. The zero-order valence-corrected chi connectivity index (χ0v) is 17.5. The van der Waals surface area contributed by atoms with Gasteiger partial charge in [0.2, 0.25) is 5.91 Å². The van der Waals surface area contributed by atoms with Gasteiger partial charge in [-0.25, -0.2) is 0 Å². The lowest BCUT2D eigenvalue weighted by atomic mass is 9.79. The number of hydrogen-bond donors (Lipinski definition) is 2. The molecule has 3 rings (SSSR count). The minimum Gasteiger partial charge on any atom is -0.356 e. The van der Waals surface area contributed by atoms with E-state index in [-0.39, 0.29) is 35.3 Å². The fourth-order valence-electron chi connectivity index (χ4n) is 4.53. The topological polar surface area (TPSA) is 56.7 Å². The normalized spacial score (nSPS) is 34.0. The van der Waals surface area contributed by atoms with E-state index in [1.807, 2.05) is 7.05 Å². The molecule has 2 heterocycles. The summed E-state index contributed by atoms with van der Waals surface area (Å²) in [7, 11) is 1.88. The maximum atomic E-state index is 11.6. The van der Waals surface area contributed by atoms with Crippen LogP contribution in [0.1, 0.15) is 51.9 Å². The van der Waals surface area contributed by atoms with Crippen LogP contribution in [0.25, 0.3) is 0 Å². The Hall–Kier alpha value is -0.530. The van der Waals surface area contributed by atoms with Crippen LogP contribution in [0.4, 0.5) is 0 Å². The van der Waals surface area contributed by atoms with Crippen LogP contribution in [0.3, 0.4) is 0 Å². The number of rotatable bonds is 2. The van der Waals surface area contributed by atoms with Gasteiger partial charge in [0.05, 0.1) is 0 Å². The van der Waals surface area contributed by atoms with Crippen LogP contribution in [0.5, 0.6) is 0 Å². The summed E-state index contributed by atoms with van der Waals surface area (Å²) in [5.74, 6) is 2.93. The van der Waals surface area contributed by atoms with Gasteiger partial charge in [-0.3, -0.25) is 9.79 Å². The monoisotopic (exact) mass is 448 g/mol. The molecule has 1 spiro atoms. The molecular weight excluding hydrogens is 415 g/mol. The summed E-state index contributed by atoms with van der Waals surface area (Å²) >= 11 is 0. The zero-order valence-electron chi connectivity index (χ0n) is 15.1. The molecule has 5 nitrogen and oxygen atoms in total. The molecule has 3 aliphatic rings. The Balaban J connectivity index is 0.00000208. The van der Waals surface area contributed by atoms with Gasteiger partial charge in [0.25, 0.3) is 0 Å². The third-order valence-electron chi connectivity index (χ3n) is 6.05. The molecule has 0 aromatic heterocycles. The number of carbonyl (C=O) groups is 1. The third kappa shape index (κ3) is 4.76. The second-order valence-corrected chi connectivity index (χ2v) is 8.03. The van der Waals surface area contributed by atoms with Gasteiger partial charge in [0.1, 0.15) is 0 Å². The van der Waals surface area contributed by atoms with E-state index >= 15 is 0 Å². The average molecular weight is 448 g/mol. The van der Waals surface area contributed by atoms with Crippen LogP contribution in [-0.4, -0.2) is 50.0 Å². The van der Waals surface area contributed by atoms with Crippen LogP contribution in [-0.2, 0) is 4.79 Å². The Morgan fingerprint density at radius 2 is 2.12 bits per heavy atom. The molecule has 1 atom stereocenters. The Morgan fingerprint density at radius 3 is 2.75 bits per heavy atom. The van der Waals surface area contributed by atoms with E-state index in [0.717, 1.165) is 56.8 Å². The molecule has 3 fully saturated rings. The van der Waals surface area contributed by atoms with Crippen molar-refractivity contribution < 1.29 is 4.79 Å². The number of halogens is 1. The summed E-state index contributed by atoms with van der Waals surface area (Å²) in [4.78, 5) is 18.5. The molecule has 0 aromatic rings.